The number of carbonyl (C=O) groups is 1. The van der Waals surface area contributed by atoms with Gasteiger partial charge in [-0.3, -0.25) is 4.90 Å². The van der Waals surface area contributed by atoms with Crippen molar-refractivity contribution in [3.8, 4) is 17.0 Å². The van der Waals surface area contributed by atoms with Gasteiger partial charge in [-0.25, -0.2) is 9.78 Å². The molecule has 1 amide bonds. The number of carboxylic acid groups (broad SMARTS) is 1. The molecule has 1 atom stereocenters. The van der Waals surface area contributed by atoms with E-state index in [1.807, 2.05) is 4.90 Å². The Balaban J connectivity index is 1.92. The van der Waals surface area contributed by atoms with Crippen LogP contribution >= 0.6 is 11.6 Å². The second-order valence-corrected chi connectivity index (χ2v) is 9.96. The van der Waals surface area contributed by atoms with Crippen LogP contribution in [0.4, 0.5) is 10.7 Å². The smallest absolute Gasteiger partial charge is 0.407 e. The molecule has 1 aliphatic heterocycles. The Morgan fingerprint density at radius 2 is 2.00 bits per heavy atom. The fourth-order valence-electron chi connectivity index (χ4n) is 4.80. The number of nitrogens with zero attached hydrogens (tertiary/aromatic N) is 5. The van der Waals surface area contributed by atoms with Gasteiger partial charge in [0.15, 0.2) is 6.79 Å². The molecule has 33 heavy (non-hydrogen) atoms. The van der Waals surface area contributed by atoms with Crippen molar-refractivity contribution in [1.82, 2.24) is 20.1 Å². The molecule has 0 aliphatic carbocycles. The van der Waals surface area contributed by atoms with Crippen LogP contribution in [0.3, 0.4) is 0 Å². The third-order valence-electron chi connectivity index (χ3n) is 6.38. The minimum atomic E-state index is -0.904. The minimum absolute atomic E-state index is 0.0736. The van der Waals surface area contributed by atoms with E-state index in [1.165, 1.54) is 0 Å². The van der Waals surface area contributed by atoms with E-state index in [0.717, 1.165) is 0 Å². The van der Waals surface area contributed by atoms with Crippen molar-refractivity contribution in [2.45, 2.75) is 40.2 Å². The summed E-state index contributed by atoms with van der Waals surface area (Å²) >= 11 is 6.11. The number of aromatic nitrogens is 3. The van der Waals surface area contributed by atoms with E-state index in [-0.39, 0.29) is 18.1 Å². The molecule has 1 N–H and O–H groups in total. The van der Waals surface area contributed by atoms with Crippen LogP contribution in [0.25, 0.3) is 11.3 Å². The van der Waals surface area contributed by atoms with E-state index in [9.17, 15) is 9.90 Å². The predicted octanol–water partition coefficient (Wildman–Crippen LogP) is 4.42. The molecule has 0 spiro atoms. The largest absolute Gasteiger partial charge is 0.467 e. The number of anilines is 1. The van der Waals surface area contributed by atoms with Gasteiger partial charge in [-0.05, 0) is 29.5 Å². The van der Waals surface area contributed by atoms with Crippen molar-refractivity contribution in [3.63, 3.8) is 0 Å². The zero-order chi connectivity index (χ0) is 24.4. The van der Waals surface area contributed by atoms with Gasteiger partial charge in [0.1, 0.15) is 11.4 Å². The number of ether oxygens (including phenoxy) is 2. The highest BCUT2D eigenvalue weighted by Gasteiger charge is 2.54. The first kappa shape index (κ1) is 25.0. The van der Waals surface area contributed by atoms with E-state index in [1.54, 1.807) is 36.4 Å². The molecule has 1 aromatic heterocycles. The number of benzene rings is 1. The van der Waals surface area contributed by atoms with Crippen LogP contribution in [0.5, 0.6) is 5.75 Å². The molecule has 180 valence electrons. The highest BCUT2D eigenvalue weighted by Crippen LogP contribution is 2.44. The van der Waals surface area contributed by atoms with E-state index < -0.39 is 11.6 Å². The summed E-state index contributed by atoms with van der Waals surface area (Å²) in [4.78, 5) is 20.3. The van der Waals surface area contributed by atoms with Crippen LogP contribution in [0.15, 0.2) is 24.4 Å². The lowest BCUT2D eigenvalue weighted by Crippen LogP contribution is -2.71. The van der Waals surface area contributed by atoms with E-state index in [4.69, 9.17) is 21.1 Å². The topological polar surface area (TPSA) is 101 Å². The standard InChI is InChI=1S/C23H32ClN5O4/c1-15(2)23(22(3,4)5)13-28(9-10-29(23)21(30)31)20-25-12-18(26-27-20)17-8-7-16(24)11-19(17)33-14-32-6/h7-8,11-12,15H,9-10,13-14H2,1-6H3,(H,30,31)/t23-/m0/s1. The van der Waals surface area contributed by atoms with Gasteiger partial charge in [0.2, 0.25) is 5.95 Å². The molecule has 1 fully saturated rings. The summed E-state index contributed by atoms with van der Waals surface area (Å²) in [6.45, 7) is 11.8. The van der Waals surface area contributed by atoms with Gasteiger partial charge in [0, 0.05) is 37.3 Å². The normalized spacial score (nSPS) is 19.2. The number of amides is 1. The SMILES string of the molecule is COCOc1cc(Cl)ccc1-c1cnc(N2CCN(C(=O)O)[C@@](C(C)C)(C(C)(C)C)C2)nn1. The Morgan fingerprint density at radius 3 is 2.55 bits per heavy atom. The first-order valence-electron chi connectivity index (χ1n) is 10.9. The average molecular weight is 478 g/mol. The van der Waals surface area contributed by atoms with Gasteiger partial charge in [-0.15, -0.1) is 10.2 Å². The summed E-state index contributed by atoms with van der Waals surface area (Å²) in [6, 6.07) is 5.24. The first-order chi connectivity index (χ1) is 15.5. The third kappa shape index (κ3) is 4.84. The summed E-state index contributed by atoms with van der Waals surface area (Å²) < 4.78 is 10.6. The average Bonchev–Trinajstić information content (AvgIpc) is 2.76. The number of halogens is 1. The summed E-state index contributed by atoms with van der Waals surface area (Å²) in [5.74, 6) is 1.07. The highest BCUT2D eigenvalue weighted by atomic mass is 35.5. The molecule has 1 aliphatic rings. The molecule has 1 saturated heterocycles. The Kier molecular flexibility index (Phi) is 7.33. The van der Waals surface area contributed by atoms with Crippen LogP contribution in [-0.4, -0.2) is 70.4 Å². The van der Waals surface area contributed by atoms with Crippen LogP contribution in [0, 0.1) is 11.3 Å². The van der Waals surface area contributed by atoms with Crippen LogP contribution in [-0.2, 0) is 4.74 Å². The number of piperazine rings is 1. The first-order valence-corrected chi connectivity index (χ1v) is 11.3. The molecule has 3 rings (SSSR count). The van der Waals surface area contributed by atoms with Crippen molar-refractivity contribution >= 4 is 23.6 Å². The van der Waals surface area contributed by atoms with E-state index in [2.05, 4.69) is 49.8 Å². The summed E-state index contributed by atoms with van der Waals surface area (Å²) in [6.07, 6.45) is 0.738. The lowest BCUT2D eigenvalue weighted by molar-refractivity contribution is -0.0379. The van der Waals surface area contributed by atoms with Gasteiger partial charge >= 0.3 is 6.09 Å². The Labute approximate surface area is 199 Å². The summed E-state index contributed by atoms with van der Waals surface area (Å²) in [5.41, 5.74) is 0.320. The molecule has 0 unspecified atom stereocenters. The summed E-state index contributed by atoms with van der Waals surface area (Å²) in [5, 5.41) is 19.2. The van der Waals surface area contributed by atoms with Crippen molar-refractivity contribution in [2.24, 2.45) is 11.3 Å². The van der Waals surface area contributed by atoms with Crippen molar-refractivity contribution < 1.29 is 19.4 Å². The second kappa shape index (κ2) is 9.69. The quantitative estimate of drug-likeness (QED) is 0.610. The maximum Gasteiger partial charge on any atom is 0.407 e. The van der Waals surface area contributed by atoms with E-state index >= 15 is 0 Å². The lowest BCUT2D eigenvalue weighted by atomic mass is 9.65. The van der Waals surface area contributed by atoms with Gasteiger partial charge in [0.05, 0.1) is 11.7 Å². The van der Waals surface area contributed by atoms with Crippen LogP contribution in [0.1, 0.15) is 34.6 Å². The molecule has 0 radical (unpaired) electrons. The number of methoxy groups -OCH3 is 1. The number of hydrogen-bond donors (Lipinski definition) is 1. The minimum Gasteiger partial charge on any atom is -0.467 e. The molecule has 1 aromatic carbocycles. The lowest BCUT2D eigenvalue weighted by Gasteiger charge is -2.58. The van der Waals surface area contributed by atoms with Gasteiger partial charge in [-0.1, -0.05) is 46.2 Å². The fourth-order valence-corrected chi connectivity index (χ4v) is 4.96. The van der Waals surface area contributed by atoms with Crippen LogP contribution < -0.4 is 9.64 Å². The van der Waals surface area contributed by atoms with E-state index in [0.29, 0.717) is 47.6 Å². The maximum absolute atomic E-state index is 12.1. The molecule has 2 aromatic rings. The maximum atomic E-state index is 12.1. The Bertz CT molecular complexity index is 980. The molecule has 0 saturated carbocycles. The molecule has 2 heterocycles. The third-order valence-corrected chi connectivity index (χ3v) is 6.61. The summed E-state index contributed by atoms with van der Waals surface area (Å²) in [7, 11) is 1.54. The zero-order valence-corrected chi connectivity index (χ0v) is 20.8. The fraction of sp³-hybridized carbons (Fsp3) is 0.565. The second-order valence-electron chi connectivity index (χ2n) is 9.52. The zero-order valence-electron chi connectivity index (χ0n) is 20.0. The molecule has 0 bridgehead atoms. The molecular formula is C23H32ClN5O4. The molecule has 9 nitrogen and oxygen atoms in total. The van der Waals surface area contributed by atoms with Gasteiger partial charge in [0.25, 0.3) is 0 Å². The number of rotatable bonds is 6. The Morgan fingerprint density at radius 1 is 1.27 bits per heavy atom. The van der Waals surface area contributed by atoms with Crippen molar-refractivity contribution in [2.75, 3.05) is 38.4 Å². The molecular weight excluding hydrogens is 446 g/mol. The highest BCUT2D eigenvalue weighted by molar-refractivity contribution is 6.30. The van der Waals surface area contributed by atoms with Gasteiger partial charge in [-0.2, -0.15) is 0 Å². The van der Waals surface area contributed by atoms with Gasteiger partial charge < -0.3 is 19.5 Å². The van der Waals surface area contributed by atoms with Crippen molar-refractivity contribution in [1.29, 1.82) is 0 Å². The molecule has 10 heteroatoms. The van der Waals surface area contributed by atoms with Crippen LogP contribution in [0.2, 0.25) is 5.02 Å². The number of hydrogen-bond acceptors (Lipinski definition) is 7. The predicted molar refractivity (Wildman–Crippen MR) is 127 cm³/mol. The Hall–Kier alpha value is -2.65. The monoisotopic (exact) mass is 477 g/mol. The van der Waals surface area contributed by atoms with Crippen molar-refractivity contribution in [3.05, 3.63) is 29.4 Å².